The van der Waals surface area contributed by atoms with E-state index in [4.69, 9.17) is 4.74 Å². The molecule has 4 nitrogen and oxygen atoms in total. The molecule has 0 aliphatic carbocycles. The van der Waals surface area contributed by atoms with Crippen molar-refractivity contribution in [3.05, 3.63) is 47.1 Å². The minimum absolute atomic E-state index is 0.778. The van der Waals surface area contributed by atoms with Crippen molar-refractivity contribution in [3.63, 3.8) is 0 Å². The van der Waals surface area contributed by atoms with Crippen molar-refractivity contribution in [2.45, 2.75) is 0 Å². The van der Waals surface area contributed by atoms with Crippen LogP contribution in [0.5, 0.6) is 5.75 Å². The molecule has 0 saturated carbocycles. The molecule has 18 heavy (non-hydrogen) atoms. The van der Waals surface area contributed by atoms with Gasteiger partial charge in [-0.3, -0.25) is 4.40 Å². The van der Waals surface area contributed by atoms with Crippen LogP contribution in [0.25, 0.3) is 17.0 Å². The van der Waals surface area contributed by atoms with Crippen molar-refractivity contribution in [2.75, 3.05) is 7.11 Å². The van der Waals surface area contributed by atoms with Gasteiger partial charge >= 0.3 is 0 Å². The van der Waals surface area contributed by atoms with Crippen LogP contribution in [0.1, 0.15) is 0 Å². The summed E-state index contributed by atoms with van der Waals surface area (Å²) in [6.07, 6.45) is 1.88. The molecule has 3 aromatic rings. The third-order valence-corrected chi connectivity index (χ3v) is 3.24. The Morgan fingerprint density at radius 3 is 2.56 bits per heavy atom. The van der Waals surface area contributed by atoms with Gasteiger partial charge in [0.15, 0.2) is 11.5 Å². The van der Waals surface area contributed by atoms with E-state index < -0.39 is 0 Å². The first-order valence-corrected chi connectivity index (χ1v) is 6.22. The summed E-state index contributed by atoms with van der Waals surface area (Å²) in [5.41, 5.74) is 1.81. The summed E-state index contributed by atoms with van der Waals surface area (Å²) in [7, 11) is 1.64. The molecule has 2 heterocycles. The lowest BCUT2D eigenvalue weighted by atomic mass is 10.2. The molecule has 2 aromatic heterocycles. The average molecular weight is 304 g/mol. The quantitative estimate of drug-likeness (QED) is 0.730. The summed E-state index contributed by atoms with van der Waals surface area (Å²) in [6, 6.07) is 11.7. The van der Waals surface area contributed by atoms with E-state index >= 15 is 0 Å². The fourth-order valence-electron chi connectivity index (χ4n) is 1.79. The van der Waals surface area contributed by atoms with Crippen LogP contribution >= 0.6 is 15.9 Å². The standard InChI is InChI=1S/C13H10BrN3O/c1-18-11-6-7-12-15-16-13(17(12)8-11)9-2-4-10(14)5-3-9/h2-8H,1H3. The molecule has 0 bridgehead atoms. The highest BCUT2D eigenvalue weighted by atomic mass is 79.9. The van der Waals surface area contributed by atoms with Crippen molar-refractivity contribution in [1.29, 1.82) is 0 Å². The largest absolute Gasteiger partial charge is 0.495 e. The van der Waals surface area contributed by atoms with Crippen LogP contribution in [0.2, 0.25) is 0 Å². The van der Waals surface area contributed by atoms with Crippen LogP contribution in [0.3, 0.4) is 0 Å². The second-order valence-electron chi connectivity index (χ2n) is 3.83. The molecule has 0 fully saturated rings. The van der Waals surface area contributed by atoms with Gasteiger partial charge < -0.3 is 4.74 Å². The molecule has 0 unspecified atom stereocenters. The minimum atomic E-state index is 0.778. The monoisotopic (exact) mass is 303 g/mol. The fourth-order valence-corrected chi connectivity index (χ4v) is 2.05. The van der Waals surface area contributed by atoms with Crippen molar-refractivity contribution in [2.24, 2.45) is 0 Å². The molecular formula is C13H10BrN3O. The summed E-state index contributed by atoms with van der Waals surface area (Å²) >= 11 is 3.42. The lowest BCUT2D eigenvalue weighted by molar-refractivity contribution is 0.412. The maximum atomic E-state index is 5.22. The van der Waals surface area contributed by atoms with E-state index in [0.717, 1.165) is 27.3 Å². The molecule has 0 aliphatic rings. The Kier molecular flexibility index (Phi) is 2.76. The zero-order chi connectivity index (χ0) is 12.5. The maximum absolute atomic E-state index is 5.22. The van der Waals surface area contributed by atoms with Gasteiger partial charge in [0.05, 0.1) is 13.3 Å². The van der Waals surface area contributed by atoms with Crippen LogP contribution in [0, 0.1) is 0 Å². The SMILES string of the molecule is COc1ccc2nnc(-c3ccc(Br)cc3)n2c1. The molecule has 3 rings (SSSR count). The highest BCUT2D eigenvalue weighted by Gasteiger charge is 2.08. The first-order valence-electron chi connectivity index (χ1n) is 5.42. The number of benzene rings is 1. The second-order valence-corrected chi connectivity index (χ2v) is 4.74. The summed E-state index contributed by atoms with van der Waals surface area (Å²) in [4.78, 5) is 0. The van der Waals surface area contributed by atoms with Crippen molar-refractivity contribution >= 4 is 21.6 Å². The number of pyridine rings is 1. The Hall–Kier alpha value is -1.88. The summed E-state index contributed by atoms with van der Waals surface area (Å²) in [6.45, 7) is 0. The molecule has 0 amide bonds. The van der Waals surface area contributed by atoms with Gasteiger partial charge in [0.25, 0.3) is 0 Å². The number of hydrogen-bond donors (Lipinski definition) is 0. The van der Waals surface area contributed by atoms with Gasteiger partial charge in [-0.15, -0.1) is 10.2 Å². The highest BCUT2D eigenvalue weighted by molar-refractivity contribution is 9.10. The molecule has 1 aromatic carbocycles. The topological polar surface area (TPSA) is 39.4 Å². The zero-order valence-electron chi connectivity index (χ0n) is 9.67. The lowest BCUT2D eigenvalue weighted by Crippen LogP contribution is -1.91. The number of halogens is 1. The van der Waals surface area contributed by atoms with Gasteiger partial charge in [-0.2, -0.15) is 0 Å². The maximum Gasteiger partial charge on any atom is 0.168 e. The molecule has 5 heteroatoms. The minimum Gasteiger partial charge on any atom is -0.495 e. The lowest BCUT2D eigenvalue weighted by Gasteiger charge is -2.03. The molecule has 90 valence electrons. The van der Waals surface area contributed by atoms with Crippen LogP contribution in [-0.4, -0.2) is 21.7 Å². The molecule has 0 N–H and O–H groups in total. The van der Waals surface area contributed by atoms with E-state index in [1.54, 1.807) is 7.11 Å². The van der Waals surface area contributed by atoms with E-state index in [-0.39, 0.29) is 0 Å². The number of nitrogens with zero attached hydrogens (tertiary/aromatic N) is 3. The summed E-state index contributed by atoms with van der Waals surface area (Å²) in [5, 5.41) is 8.35. The van der Waals surface area contributed by atoms with Gasteiger partial charge in [-0.05, 0) is 24.3 Å². The van der Waals surface area contributed by atoms with Gasteiger partial charge in [-0.25, -0.2) is 0 Å². The number of fused-ring (bicyclic) bond motifs is 1. The molecule has 0 saturated heterocycles. The van der Waals surface area contributed by atoms with Crippen molar-refractivity contribution in [1.82, 2.24) is 14.6 Å². The Morgan fingerprint density at radius 1 is 1.06 bits per heavy atom. The summed E-state index contributed by atoms with van der Waals surface area (Å²) < 4.78 is 8.18. The van der Waals surface area contributed by atoms with E-state index in [0.29, 0.717) is 0 Å². The van der Waals surface area contributed by atoms with E-state index in [1.807, 2.05) is 47.0 Å². The van der Waals surface area contributed by atoms with Crippen molar-refractivity contribution < 1.29 is 4.74 Å². The Balaban J connectivity index is 2.19. The Bertz CT molecular complexity index is 691. The van der Waals surface area contributed by atoms with Crippen LogP contribution in [0.15, 0.2) is 47.1 Å². The molecular weight excluding hydrogens is 294 g/mol. The molecule has 0 aliphatic heterocycles. The normalized spacial score (nSPS) is 10.8. The highest BCUT2D eigenvalue weighted by Crippen LogP contribution is 2.22. The van der Waals surface area contributed by atoms with Crippen molar-refractivity contribution in [3.8, 4) is 17.1 Å². The first-order chi connectivity index (χ1) is 8.78. The van der Waals surface area contributed by atoms with E-state index in [1.165, 1.54) is 0 Å². The number of hydrogen-bond acceptors (Lipinski definition) is 3. The average Bonchev–Trinajstić information content (AvgIpc) is 2.82. The number of rotatable bonds is 2. The Labute approximate surface area is 112 Å². The van der Waals surface area contributed by atoms with Gasteiger partial charge in [-0.1, -0.05) is 28.1 Å². The van der Waals surface area contributed by atoms with Crippen LogP contribution in [0.4, 0.5) is 0 Å². The predicted octanol–water partition coefficient (Wildman–Crippen LogP) is 3.17. The third-order valence-electron chi connectivity index (χ3n) is 2.71. The fraction of sp³-hybridized carbons (Fsp3) is 0.0769. The smallest absolute Gasteiger partial charge is 0.168 e. The second kappa shape index (κ2) is 4.42. The van der Waals surface area contributed by atoms with Crippen LogP contribution in [-0.2, 0) is 0 Å². The van der Waals surface area contributed by atoms with E-state index in [2.05, 4.69) is 26.1 Å². The first kappa shape index (κ1) is 11.2. The number of ether oxygens (including phenoxy) is 1. The van der Waals surface area contributed by atoms with Gasteiger partial charge in [0, 0.05) is 10.0 Å². The number of methoxy groups -OCH3 is 1. The molecule has 0 spiro atoms. The third kappa shape index (κ3) is 1.86. The molecule has 0 radical (unpaired) electrons. The predicted molar refractivity (Wildman–Crippen MR) is 72.7 cm³/mol. The van der Waals surface area contributed by atoms with Gasteiger partial charge in [0.2, 0.25) is 0 Å². The number of aromatic nitrogens is 3. The van der Waals surface area contributed by atoms with Crippen LogP contribution < -0.4 is 4.74 Å². The Morgan fingerprint density at radius 2 is 1.83 bits per heavy atom. The zero-order valence-corrected chi connectivity index (χ0v) is 11.3. The summed E-state index contributed by atoms with van der Waals surface area (Å²) in [5.74, 6) is 1.58. The van der Waals surface area contributed by atoms with Gasteiger partial charge in [0.1, 0.15) is 5.75 Å². The molecule has 0 atom stereocenters. The van der Waals surface area contributed by atoms with E-state index in [9.17, 15) is 0 Å².